The maximum absolute atomic E-state index is 9.87. The van der Waals surface area contributed by atoms with Crippen LogP contribution in [0.3, 0.4) is 0 Å². The number of nitrogens with zero attached hydrogens (tertiary/aromatic N) is 4. The van der Waals surface area contributed by atoms with Gasteiger partial charge in [-0.3, -0.25) is 0 Å². The van der Waals surface area contributed by atoms with Gasteiger partial charge in [-0.1, -0.05) is 133 Å². The molecule has 0 amide bonds. The van der Waals surface area contributed by atoms with Crippen molar-refractivity contribution in [2.45, 2.75) is 0 Å². The predicted octanol–water partition coefficient (Wildman–Crippen LogP) is 11.5. The monoisotopic (exact) mass is 636 g/mol. The number of aromatic nitrogens is 4. The van der Waals surface area contributed by atoms with Gasteiger partial charge >= 0.3 is 0 Å². The lowest BCUT2D eigenvalue weighted by molar-refractivity contribution is 1.07. The number of fused-ring (bicyclic) bond motifs is 4. The van der Waals surface area contributed by atoms with E-state index in [-0.39, 0.29) is 5.69 Å². The third-order valence-electron chi connectivity index (χ3n) is 9.21. The topological polar surface area (TPSA) is 43.6 Å². The van der Waals surface area contributed by atoms with Crippen LogP contribution in [-0.2, 0) is 0 Å². The molecule has 0 radical (unpaired) electrons. The molecule has 0 aliphatic carbocycles. The summed E-state index contributed by atoms with van der Waals surface area (Å²) in [6, 6.07) is 14.7. The second-order valence-corrected chi connectivity index (χ2v) is 11.7. The van der Waals surface area contributed by atoms with Crippen LogP contribution < -0.4 is 0 Å². The quantitative estimate of drug-likeness (QED) is 0.143. The molecule has 2 aromatic heterocycles. The van der Waals surface area contributed by atoms with Crippen molar-refractivity contribution in [3.8, 4) is 39.9 Å². The predicted molar refractivity (Wildman–Crippen MR) is 203 cm³/mol. The van der Waals surface area contributed by atoms with Crippen LogP contribution in [0.4, 0.5) is 0 Å². The van der Waals surface area contributed by atoms with E-state index in [1.54, 1.807) is 4.57 Å². The average Bonchev–Trinajstić information content (AvgIpc) is 3.62. The van der Waals surface area contributed by atoms with Gasteiger partial charge in [0, 0.05) is 38.5 Å². The molecule has 0 N–H and O–H groups in total. The van der Waals surface area contributed by atoms with Crippen molar-refractivity contribution in [3.63, 3.8) is 0 Å². The van der Waals surface area contributed by atoms with Gasteiger partial charge in [0.2, 0.25) is 0 Å². The summed E-state index contributed by atoms with van der Waals surface area (Å²) in [6.45, 7) is 0. The Morgan fingerprint density at radius 3 is 1.57 bits per heavy atom. The zero-order valence-corrected chi connectivity index (χ0v) is 25.2. The summed E-state index contributed by atoms with van der Waals surface area (Å²) in [4.78, 5) is 13.3. The average molecular weight is 637 g/mol. The first kappa shape index (κ1) is 16.4. The number of hydrogen-bond donors (Lipinski definition) is 0. The minimum Gasteiger partial charge on any atom is -0.309 e. The standard InChI is InChI=1S/C45H26N4/c1-3-12-27(13-4-1)43-46-44(28-14-5-2-6-15-28)48-45(47-43)29-16-9-17-30(26-29)49-37-23-11-22-35-34-21-10-20-33-31-18-7-8-19-32(31)36-24-25-38(49)42(40(35)37)41(36)39(33)34/h1-26H/i1D,2D,3D,4D,5D,6D,9D,12D,13D,14D,15D,16D,17D,26D. The van der Waals surface area contributed by atoms with Gasteiger partial charge in [-0.15, -0.1) is 0 Å². The van der Waals surface area contributed by atoms with E-state index in [0.717, 1.165) is 53.9 Å². The molecule has 2 heterocycles. The number of benzene rings is 9. The lowest BCUT2D eigenvalue weighted by Gasteiger charge is -2.16. The Kier molecular flexibility index (Phi) is 3.33. The molecule has 0 saturated carbocycles. The Labute approximate surface area is 300 Å². The van der Waals surface area contributed by atoms with Crippen LogP contribution in [0.2, 0.25) is 0 Å². The highest BCUT2D eigenvalue weighted by Crippen LogP contribution is 2.49. The smallest absolute Gasteiger partial charge is 0.164 e. The minimum absolute atomic E-state index is 0.0976. The summed E-state index contributed by atoms with van der Waals surface area (Å²) in [7, 11) is 0. The van der Waals surface area contributed by atoms with Gasteiger partial charge < -0.3 is 4.57 Å². The molecule has 0 saturated heterocycles. The van der Waals surface area contributed by atoms with Crippen molar-refractivity contribution in [1.82, 2.24) is 19.5 Å². The highest BCUT2D eigenvalue weighted by Gasteiger charge is 2.23. The van der Waals surface area contributed by atoms with Gasteiger partial charge in [0.1, 0.15) is 0 Å². The SMILES string of the molecule is [2H]c1c([2H])c([2H])c(-c2nc(-c3c([2H])c([2H])c([2H])c([2H])c3[2H])nc(-c3c([2H])c([2H])c([2H])c(-n4c5cccc6c7cccc8c9ccccc9c9ccc4c(c9c87)c65)c3[2H])n2)c([2H])c1[2H]. The number of hydrogen-bond acceptors (Lipinski definition) is 3. The summed E-state index contributed by atoms with van der Waals surface area (Å²) < 4.78 is 124. The Hall–Kier alpha value is -6.65. The molecule has 0 bridgehead atoms. The van der Waals surface area contributed by atoms with E-state index < -0.39 is 119 Å². The van der Waals surface area contributed by atoms with Crippen LogP contribution in [0, 0.1) is 0 Å². The van der Waals surface area contributed by atoms with Crippen LogP contribution in [0.15, 0.2) is 157 Å². The van der Waals surface area contributed by atoms with Crippen molar-refractivity contribution < 1.29 is 19.2 Å². The van der Waals surface area contributed by atoms with Crippen LogP contribution in [0.25, 0.3) is 105 Å². The second kappa shape index (κ2) is 9.93. The van der Waals surface area contributed by atoms with Gasteiger partial charge in [0.25, 0.3) is 0 Å². The van der Waals surface area contributed by atoms with Gasteiger partial charge in [-0.05, 0) is 61.9 Å². The number of rotatable bonds is 4. The zero-order valence-electron chi connectivity index (χ0n) is 39.2. The lowest BCUT2D eigenvalue weighted by Crippen LogP contribution is -2.01. The first-order chi connectivity index (χ1) is 30.1. The highest BCUT2D eigenvalue weighted by atomic mass is 15.0. The van der Waals surface area contributed by atoms with E-state index in [0.29, 0.717) is 11.0 Å². The summed E-state index contributed by atoms with van der Waals surface area (Å²) in [6.07, 6.45) is 0. The third kappa shape index (κ3) is 3.71. The minimum atomic E-state index is -0.725. The van der Waals surface area contributed by atoms with Crippen LogP contribution in [0.1, 0.15) is 19.2 Å². The highest BCUT2D eigenvalue weighted by molar-refractivity contribution is 6.44. The molecule has 11 aromatic rings. The molecule has 49 heavy (non-hydrogen) atoms. The van der Waals surface area contributed by atoms with Crippen molar-refractivity contribution in [2.24, 2.45) is 0 Å². The van der Waals surface area contributed by atoms with Crippen LogP contribution >= 0.6 is 0 Å². The van der Waals surface area contributed by atoms with E-state index in [4.69, 9.17) is 13.7 Å². The van der Waals surface area contributed by atoms with Crippen molar-refractivity contribution >= 4 is 64.9 Å². The van der Waals surface area contributed by atoms with Gasteiger partial charge in [-0.2, -0.15) is 0 Å². The van der Waals surface area contributed by atoms with E-state index in [1.165, 1.54) is 0 Å². The molecule has 11 rings (SSSR count). The Morgan fingerprint density at radius 2 is 0.898 bits per heavy atom. The van der Waals surface area contributed by atoms with Gasteiger partial charge in [0.05, 0.1) is 30.2 Å². The summed E-state index contributed by atoms with van der Waals surface area (Å²) in [5.74, 6) is -1.68. The van der Waals surface area contributed by atoms with E-state index in [1.807, 2.05) is 48.5 Å². The molecule has 0 fully saturated rings. The first-order valence-electron chi connectivity index (χ1n) is 22.5. The Bertz CT molecular complexity index is 3720. The fraction of sp³-hybridized carbons (Fsp3) is 0. The Morgan fingerprint density at radius 1 is 0.388 bits per heavy atom. The summed E-state index contributed by atoms with van der Waals surface area (Å²) in [5.41, 5.74) is -0.298. The van der Waals surface area contributed by atoms with E-state index >= 15 is 0 Å². The van der Waals surface area contributed by atoms with Gasteiger partial charge in [0.15, 0.2) is 17.5 Å². The van der Waals surface area contributed by atoms with Gasteiger partial charge in [-0.25, -0.2) is 15.0 Å². The molecule has 226 valence electrons. The molecule has 9 aromatic carbocycles. The molecule has 4 nitrogen and oxygen atoms in total. The molecular weight excluding hydrogens is 597 g/mol. The third-order valence-corrected chi connectivity index (χ3v) is 9.21. The molecular formula is C45H26N4. The summed E-state index contributed by atoms with van der Waals surface area (Å²) >= 11 is 0. The van der Waals surface area contributed by atoms with E-state index in [9.17, 15) is 5.48 Å². The molecule has 4 heteroatoms. The first-order valence-corrected chi connectivity index (χ1v) is 15.5. The molecule has 0 atom stereocenters. The molecule has 0 spiro atoms. The molecule has 0 unspecified atom stereocenters. The zero-order chi connectivity index (χ0) is 44.2. The van der Waals surface area contributed by atoms with Crippen LogP contribution in [0.5, 0.6) is 0 Å². The van der Waals surface area contributed by atoms with Crippen molar-refractivity contribution in [1.29, 1.82) is 0 Å². The van der Waals surface area contributed by atoms with E-state index in [2.05, 4.69) is 39.2 Å². The maximum atomic E-state index is 9.87. The molecule has 0 aliphatic rings. The summed E-state index contributed by atoms with van der Waals surface area (Å²) in [5, 5.41) is 9.95. The molecule has 0 aliphatic heterocycles. The fourth-order valence-electron chi connectivity index (χ4n) is 7.32. The largest absolute Gasteiger partial charge is 0.309 e. The van der Waals surface area contributed by atoms with Crippen molar-refractivity contribution in [3.05, 3.63) is 157 Å². The van der Waals surface area contributed by atoms with Crippen LogP contribution in [-0.4, -0.2) is 19.5 Å². The fourth-order valence-corrected chi connectivity index (χ4v) is 7.32. The lowest BCUT2D eigenvalue weighted by atomic mass is 9.86. The maximum Gasteiger partial charge on any atom is 0.164 e. The normalized spacial score (nSPS) is 16.1. The second-order valence-electron chi connectivity index (χ2n) is 11.7. The van der Waals surface area contributed by atoms with Crippen molar-refractivity contribution in [2.75, 3.05) is 0 Å². The Balaban J connectivity index is 1.28.